The van der Waals surface area contributed by atoms with Crippen LogP contribution in [0.2, 0.25) is 0 Å². The first-order valence-corrected chi connectivity index (χ1v) is 10.9. The molecule has 3 rings (SSSR count). The third kappa shape index (κ3) is 2.72. The van der Waals surface area contributed by atoms with Gasteiger partial charge in [-0.25, -0.2) is 0 Å². The number of hydrogen-bond acceptors (Lipinski definition) is 4. The van der Waals surface area contributed by atoms with E-state index in [1.165, 1.54) is 0 Å². The molecule has 1 N–H and O–H groups in total. The summed E-state index contributed by atoms with van der Waals surface area (Å²) in [5.41, 5.74) is -6.37. The molecule has 2 saturated carbocycles. The zero-order valence-corrected chi connectivity index (χ0v) is 18.7. The highest BCUT2D eigenvalue weighted by Crippen LogP contribution is 2.79. The van der Waals surface area contributed by atoms with Crippen molar-refractivity contribution in [3.05, 3.63) is 11.1 Å². The summed E-state index contributed by atoms with van der Waals surface area (Å²) < 4.78 is 60.1. The Hall–Kier alpha value is -1.57. The van der Waals surface area contributed by atoms with Crippen molar-refractivity contribution in [3.63, 3.8) is 0 Å². The van der Waals surface area contributed by atoms with E-state index < -0.39 is 46.1 Å². The summed E-state index contributed by atoms with van der Waals surface area (Å²) >= 11 is 0. The predicted molar refractivity (Wildman–Crippen MR) is 105 cm³/mol. The fraction of sp³-hybridized carbons (Fsp3) is 0.783. The summed E-state index contributed by atoms with van der Waals surface area (Å²) in [5, 5.41) is 9.66. The second-order valence-corrected chi connectivity index (χ2v) is 10.1. The molecule has 8 heteroatoms. The van der Waals surface area contributed by atoms with Crippen molar-refractivity contribution in [1.82, 2.24) is 0 Å². The number of fused-ring (bicyclic) bond motifs is 1. The van der Waals surface area contributed by atoms with Gasteiger partial charge in [-0.15, -0.1) is 0 Å². The monoisotopic (exact) mass is 446 g/mol. The van der Waals surface area contributed by atoms with Crippen LogP contribution in [0, 0.1) is 35.0 Å². The molecule has 0 aromatic heterocycles. The van der Waals surface area contributed by atoms with E-state index in [2.05, 4.69) is 0 Å². The molecule has 3 aliphatic carbocycles. The fourth-order valence-corrected chi connectivity index (χ4v) is 5.23. The summed E-state index contributed by atoms with van der Waals surface area (Å²) in [6.45, 7) is 11.1. The Kier molecular flexibility index (Phi) is 5.41. The normalized spacial score (nSPS) is 34.4. The summed E-state index contributed by atoms with van der Waals surface area (Å²) in [6.07, 6.45) is 1.33. The third-order valence-corrected chi connectivity index (χ3v) is 7.86. The van der Waals surface area contributed by atoms with Gasteiger partial charge >= 0.3 is 11.8 Å². The van der Waals surface area contributed by atoms with Gasteiger partial charge in [0.15, 0.2) is 11.6 Å². The van der Waals surface area contributed by atoms with Gasteiger partial charge in [0.2, 0.25) is 16.8 Å². The van der Waals surface area contributed by atoms with E-state index >= 15 is 8.78 Å². The molecule has 2 fully saturated rings. The summed E-state index contributed by atoms with van der Waals surface area (Å²) in [5.74, 6) is -16.7. The first-order chi connectivity index (χ1) is 14.1. The van der Waals surface area contributed by atoms with Crippen molar-refractivity contribution >= 4 is 17.3 Å². The Morgan fingerprint density at radius 1 is 1.06 bits per heavy atom. The van der Waals surface area contributed by atoms with E-state index in [0.29, 0.717) is 24.8 Å². The molecule has 3 atom stereocenters. The van der Waals surface area contributed by atoms with Gasteiger partial charge in [0.25, 0.3) is 0 Å². The lowest BCUT2D eigenvalue weighted by molar-refractivity contribution is -0.222. The molecule has 0 amide bonds. The highest BCUT2D eigenvalue weighted by Gasteiger charge is 3.12. The smallest absolute Gasteiger partial charge is 0.372 e. The van der Waals surface area contributed by atoms with Crippen molar-refractivity contribution in [2.45, 2.75) is 78.3 Å². The molecule has 4 nitrogen and oxygen atoms in total. The maximum absolute atomic E-state index is 15.1. The number of rotatable bonds is 8. The minimum Gasteiger partial charge on any atom is -0.373 e. The topological polar surface area (TPSA) is 71.4 Å². The number of hydrogen-bond donors (Lipinski definition) is 1. The average molecular weight is 446 g/mol. The predicted octanol–water partition coefficient (Wildman–Crippen LogP) is 4.39. The molecule has 0 aromatic rings. The maximum atomic E-state index is 15.1. The molecule has 31 heavy (non-hydrogen) atoms. The summed E-state index contributed by atoms with van der Waals surface area (Å²) in [4.78, 5) is 36.3. The Morgan fingerprint density at radius 3 is 1.94 bits per heavy atom. The highest BCUT2D eigenvalue weighted by atomic mass is 19.3. The van der Waals surface area contributed by atoms with Gasteiger partial charge in [-0.05, 0) is 48.9 Å². The number of halogens is 4. The maximum Gasteiger partial charge on any atom is 0.372 e. The molecule has 0 spiro atoms. The molecule has 0 heterocycles. The van der Waals surface area contributed by atoms with Crippen molar-refractivity contribution in [2.75, 3.05) is 0 Å². The molecule has 0 bridgehead atoms. The van der Waals surface area contributed by atoms with E-state index in [1.54, 1.807) is 20.8 Å². The average Bonchev–Trinajstić information content (AvgIpc) is 3.45. The summed E-state index contributed by atoms with van der Waals surface area (Å²) in [6, 6.07) is 0. The molecular weight excluding hydrogens is 416 g/mol. The number of allylic oxidation sites excluding steroid dienone is 2. The van der Waals surface area contributed by atoms with E-state index in [0.717, 1.165) is 0 Å². The summed E-state index contributed by atoms with van der Waals surface area (Å²) in [7, 11) is 0. The molecular formula is C23H30F4O4. The Balaban J connectivity index is 2.11. The van der Waals surface area contributed by atoms with Gasteiger partial charge in [-0.1, -0.05) is 47.1 Å². The number of carbonyl (C=O) groups excluding carboxylic acids is 3. The zero-order valence-electron chi connectivity index (χ0n) is 18.7. The number of carbonyl (C=O) groups is 3. The molecule has 3 unspecified atom stereocenters. The minimum absolute atomic E-state index is 0.126. The van der Waals surface area contributed by atoms with Crippen LogP contribution in [-0.2, 0) is 14.4 Å². The van der Waals surface area contributed by atoms with Gasteiger partial charge in [0.1, 0.15) is 0 Å². The first kappa shape index (κ1) is 24.1. The minimum atomic E-state index is -5.29. The number of alkyl halides is 4. The van der Waals surface area contributed by atoms with Gasteiger partial charge in [-0.2, -0.15) is 17.6 Å². The number of ketones is 3. The van der Waals surface area contributed by atoms with Crippen LogP contribution in [0.4, 0.5) is 17.6 Å². The van der Waals surface area contributed by atoms with E-state index in [-0.39, 0.29) is 29.2 Å². The molecule has 0 saturated heterocycles. The fourth-order valence-electron chi connectivity index (χ4n) is 5.23. The van der Waals surface area contributed by atoms with Crippen LogP contribution in [-0.4, -0.2) is 39.9 Å². The quantitative estimate of drug-likeness (QED) is 0.444. The van der Waals surface area contributed by atoms with Crippen LogP contribution in [0.1, 0.15) is 60.8 Å². The van der Waals surface area contributed by atoms with Crippen LogP contribution in [0.5, 0.6) is 0 Å². The Morgan fingerprint density at radius 2 is 1.58 bits per heavy atom. The van der Waals surface area contributed by atoms with Crippen LogP contribution in [0.25, 0.3) is 0 Å². The lowest BCUT2D eigenvalue weighted by atomic mass is 9.65. The molecule has 0 radical (unpaired) electrons. The van der Waals surface area contributed by atoms with Gasteiger partial charge < -0.3 is 5.11 Å². The lowest BCUT2D eigenvalue weighted by Gasteiger charge is -2.40. The van der Waals surface area contributed by atoms with Crippen LogP contribution >= 0.6 is 0 Å². The van der Waals surface area contributed by atoms with E-state index in [9.17, 15) is 28.3 Å². The highest BCUT2D eigenvalue weighted by molar-refractivity contribution is 6.56. The lowest BCUT2D eigenvalue weighted by Crippen LogP contribution is -2.54. The third-order valence-electron chi connectivity index (χ3n) is 7.86. The van der Waals surface area contributed by atoms with Crippen LogP contribution in [0.3, 0.4) is 0 Å². The molecule has 0 aromatic carbocycles. The SMILES string of the molecule is CCC(C)C1=C(C(=O)C(F)(F)C(F)(F)C23C(=O)C2(O)C3=O)C(C(C)C)CC(C(C)C)C1. The standard InChI is InChI=1S/C23H30F4O4/c1-7-12(6)15-9-13(10(2)3)8-14(11(4)5)16(15)17(28)22(24,25)23(26,27)20-18(29)21(20,31)19(20)30/h10-14,31H,7-9H2,1-6H3. The van der Waals surface area contributed by atoms with Crippen LogP contribution in [0.15, 0.2) is 11.1 Å². The van der Waals surface area contributed by atoms with Crippen LogP contribution < -0.4 is 0 Å². The van der Waals surface area contributed by atoms with Crippen molar-refractivity contribution < 1.29 is 37.1 Å². The van der Waals surface area contributed by atoms with Crippen molar-refractivity contribution in [3.8, 4) is 0 Å². The van der Waals surface area contributed by atoms with E-state index in [1.807, 2.05) is 20.8 Å². The number of Topliss-reactive ketones (excluding diaryl/α,β-unsaturated/α-hetero) is 3. The molecule has 174 valence electrons. The van der Waals surface area contributed by atoms with Crippen molar-refractivity contribution in [2.24, 2.45) is 35.0 Å². The Bertz CT molecular complexity index is 855. The Labute approximate surface area is 179 Å². The zero-order chi connectivity index (χ0) is 23.9. The molecule has 0 aliphatic heterocycles. The van der Waals surface area contributed by atoms with Gasteiger partial charge in [-0.3, -0.25) is 14.4 Å². The number of aliphatic hydroxyl groups is 1. The second kappa shape index (κ2) is 6.96. The van der Waals surface area contributed by atoms with Gasteiger partial charge in [0, 0.05) is 5.57 Å². The molecule has 3 aliphatic rings. The van der Waals surface area contributed by atoms with E-state index in [4.69, 9.17) is 0 Å². The second-order valence-electron chi connectivity index (χ2n) is 10.1. The van der Waals surface area contributed by atoms with Crippen molar-refractivity contribution in [1.29, 1.82) is 0 Å². The van der Waals surface area contributed by atoms with Gasteiger partial charge in [0.05, 0.1) is 0 Å². The largest absolute Gasteiger partial charge is 0.373 e. The first-order valence-electron chi connectivity index (χ1n) is 10.9.